The van der Waals surface area contributed by atoms with Gasteiger partial charge in [0, 0.05) is 0 Å². The SMILES string of the molecule is CCCCOC(=O)C(CCC)NC(=O)C(CCC)NC(=O)OCc1ccccc1. The van der Waals surface area contributed by atoms with Gasteiger partial charge >= 0.3 is 12.1 Å². The van der Waals surface area contributed by atoms with Crippen molar-refractivity contribution in [3.63, 3.8) is 0 Å². The van der Waals surface area contributed by atoms with Crippen molar-refractivity contribution in [1.29, 1.82) is 0 Å². The molecule has 1 rings (SSSR count). The van der Waals surface area contributed by atoms with Gasteiger partial charge in [0.25, 0.3) is 0 Å². The minimum Gasteiger partial charge on any atom is -0.464 e. The van der Waals surface area contributed by atoms with Crippen molar-refractivity contribution < 1.29 is 23.9 Å². The van der Waals surface area contributed by atoms with E-state index < -0.39 is 30.1 Å². The first-order chi connectivity index (χ1) is 14.0. The van der Waals surface area contributed by atoms with Crippen LogP contribution in [0.4, 0.5) is 4.79 Å². The Bertz CT molecular complexity index is 621. The van der Waals surface area contributed by atoms with Crippen LogP contribution in [0.25, 0.3) is 0 Å². The molecule has 0 aliphatic carbocycles. The van der Waals surface area contributed by atoms with Gasteiger partial charge in [0.05, 0.1) is 6.61 Å². The van der Waals surface area contributed by atoms with E-state index in [0.717, 1.165) is 24.8 Å². The largest absolute Gasteiger partial charge is 0.464 e. The van der Waals surface area contributed by atoms with E-state index in [1.54, 1.807) is 0 Å². The molecule has 29 heavy (non-hydrogen) atoms. The third kappa shape index (κ3) is 9.96. The fraction of sp³-hybridized carbons (Fsp3) is 0.591. The lowest BCUT2D eigenvalue weighted by Gasteiger charge is -2.22. The van der Waals surface area contributed by atoms with E-state index in [4.69, 9.17) is 9.47 Å². The molecule has 7 nitrogen and oxygen atoms in total. The first kappa shape index (κ1) is 24.5. The number of hydrogen-bond acceptors (Lipinski definition) is 5. The zero-order valence-electron chi connectivity index (χ0n) is 17.7. The van der Waals surface area contributed by atoms with E-state index in [9.17, 15) is 14.4 Å². The number of carbonyl (C=O) groups is 3. The molecule has 2 amide bonds. The highest BCUT2D eigenvalue weighted by atomic mass is 16.5. The maximum Gasteiger partial charge on any atom is 0.408 e. The molecule has 0 aliphatic heterocycles. The first-order valence-electron chi connectivity index (χ1n) is 10.5. The van der Waals surface area contributed by atoms with Crippen LogP contribution < -0.4 is 10.6 Å². The number of unbranched alkanes of at least 4 members (excludes halogenated alkanes) is 1. The third-order valence-corrected chi connectivity index (χ3v) is 4.32. The van der Waals surface area contributed by atoms with Gasteiger partial charge in [-0.3, -0.25) is 4.79 Å². The summed E-state index contributed by atoms with van der Waals surface area (Å²) >= 11 is 0. The second kappa shape index (κ2) is 14.4. The van der Waals surface area contributed by atoms with E-state index in [1.165, 1.54) is 0 Å². The quantitative estimate of drug-likeness (QED) is 0.385. The molecule has 0 spiro atoms. The summed E-state index contributed by atoms with van der Waals surface area (Å²) in [5.41, 5.74) is 0.858. The van der Waals surface area contributed by atoms with Crippen LogP contribution in [-0.2, 0) is 25.7 Å². The van der Waals surface area contributed by atoms with Crippen molar-refractivity contribution in [3.05, 3.63) is 35.9 Å². The molecule has 0 saturated carbocycles. The van der Waals surface area contributed by atoms with E-state index in [-0.39, 0.29) is 6.61 Å². The molecule has 0 heterocycles. The van der Waals surface area contributed by atoms with Crippen molar-refractivity contribution >= 4 is 18.0 Å². The fourth-order valence-corrected chi connectivity index (χ4v) is 2.69. The van der Waals surface area contributed by atoms with Crippen LogP contribution in [0, 0.1) is 0 Å². The van der Waals surface area contributed by atoms with Crippen molar-refractivity contribution in [3.8, 4) is 0 Å². The molecule has 0 radical (unpaired) electrons. The summed E-state index contributed by atoms with van der Waals surface area (Å²) in [7, 11) is 0. The van der Waals surface area contributed by atoms with Crippen molar-refractivity contribution in [2.45, 2.75) is 78.0 Å². The van der Waals surface area contributed by atoms with Crippen LogP contribution in [0.5, 0.6) is 0 Å². The van der Waals surface area contributed by atoms with Gasteiger partial charge in [-0.2, -0.15) is 0 Å². The summed E-state index contributed by atoms with van der Waals surface area (Å²) < 4.78 is 10.4. The van der Waals surface area contributed by atoms with E-state index in [0.29, 0.717) is 25.9 Å². The summed E-state index contributed by atoms with van der Waals surface area (Å²) in [4.78, 5) is 37.1. The Balaban J connectivity index is 2.60. The van der Waals surface area contributed by atoms with Gasteiger partial charge in [0.15, 0.2) is 0 Å². The first-order valence-corrected chi connectivity index (χ1v) is 10.5. The molecular formula is C22H34N2O5. The number of alkyl carbamates (subject to hydrolysis) is 1. The molecule has 0 bridgehead atoms. The zero-order valence-corrected chi connectivity index (χ0v) is 17.7. The molecule has 0 saturated heterocycles. The summed E-state index contributed by atoms with van der Waals surface area (Å²) in [6.45, 7) is 6.32. The number of carbonyl (C=O) groups excluding carboxylic acids is 3. The van der Waals surface area contributed by atoms with Gasteiger partial charge in [0.1, 0.15) is 18.7 Å². The maximum atomic E-state index is 12.7. The van der Waals surface area contributed by atoms with Gasteiger partial charge < -0.3 is 20.1 Å². The number of amides is 2. The molecule has 0 fully saturated rings. The number of benzene rings is 1. The van der Waals surface area contributed by atoms with Crippen molar-refractivity contribution in [2.75, 3.05) is 6.61 Å². The molecular weight excluding hydrogens is 372 g/mol. The van der Waals surface area contributed by atoms with Crippen molar-refractivity contribution in [2.24, 2.45) is 0 Å². The average molecular weight is 407 g/mol. The van der Waals surface area contributed by atoms with Gasteiger partial charge in [0.2, 0.25) is 5.91 Å². The molecule has 0 aliphatic rings. The highest BCUT2D eigenvalue weighted by Gasteiger charge is 2.27. The second-order valence-electron chi connectivity index (χ2n) is 6.92. The van der Waals surface area contributed by atoms with Gasteiger partial charge in [-0.05, 0) is 24.8 Å². The molecule has 7 heteroatoms. The van der Waals surface area contributed by atoms with Gasteiger partial charge in [-0.1, -0.05) is 70.4 Å². The number of hydrogen-bond donors (Lipinski definition) is 2. The van der Waals surface area contributed by atoms with Crippen molar-refractivity contribution in [1.82, 2.24) is 10.6 Å². The Morgan fingerprint density at radius 1 is 0.862 bits per heavy atom. The molecule has 0 aromatic heterocycles. The Morgan fingerprint density at radius 2 is 1.52 bits per heavy atom. The minimum atomic E-state index is -0.772. The Morgan fingerprint density at radius 3 is 2.14 bits per heavy atom. The monoisotopic (exact) mass is 406 g/mol. The van der Waals surface area contributed by atoms with Gasteiger partial charge in [-0.15, -0.1) is 0 Å². The van der Waals surface area contributed by atoms with Crippen LogP contribution in [0.2, 0.25) is 0 Å². The normalized spacial score (nSPS) is 12.5. The molecule has 1 aromatic rings. The topological polar surface area (TPSA) is 93.7 Å². The number of nitrogens with one attached hydrogen (secondary N) is 2. The third-order valence-electron chi connectivity index (χ3n) is 4.32. The molecule has 2 N–H and O–H groups in total. The average Bonchev–Trinajstić information content (AvgIpc) is 2.72. The second-order valence-corrected chi connectivity index (χ2v) is 6.92. The number of ether oxygens (including phenoxy) is 2. The van der Waals surface area contributed by atoms with Crippen LogP contribution >= 0.6 is 0 Å². The molecule has 2 atom stereocenters. The van der Waals surface area contributed by atoms with Gasteiger partial charge in [-0.25, -0.2) is 9.59 Å². The Labute approximate surface area is 173 Å². The summed E-state index contributed by atoms with van der Waals surface area (Å²) in [5.74, 6) is -0.843. The standard InChI is InChI=1S/C22H34N2O5/c1-4-7-15-28-21(26)19(12-6-3)23-20(25)18(11-5-2)24-22(27)29-16-17-13-9-8-10-14-17/h8-10,13-14,18-19H,4-7,11-12,15-16H2,1-3H3,(H,23,25)(H,24,27). The number of esters is 1. The maximum absolute atomic E-state index is 12.7. The Hall–Kier alpha value is -2.57. The van der Waals surface area contributed by atoms with Crippen LogP contribution in [0.1, 0.15) is 64.9 Å². The van der Waals surface area contributed by atoms with E-state index in [2.05, 4.69) is 10.6 Å². The zero-order chi connectivity index (χ0) is 21.5. The van der Waals surface area contributed by atoms with E-state index in [1.807, 2.05) is 51.1 Å². The molecule has 1 aromatic carbocycles. The van der Waals surface area contributed by atoms with Crippen LogP contribution in [0.15, 0.2) is 30.3 Å². The van der Waals surface area contributed by atoms with E-state index >= 15 is 0 Å². The summed E-state index contributed by atoms with van der Waals surface area (Å²) in [5, 5.41) is 5.33. The van der Waals surface area contributed by atoms with Crippen LogP contribution in [0.3, 0.4) is 0 Å². The summed E-state index contributed by atoms with van der Waals surface area (Å²) in [6, 6.07) is 7.81. The smallest absolute Gasteiger partial charge is 0.408 e. The summed E-state index contributed by atoms with van der Waals surface area (Å²) in [6.07, 6.45) is 3.37. The lowest BCUT2D eigenvalue weighted by molar-refractivity contribution is -0.148. The lowest BCUT2D eigenvalue weighted by Crippen LogP contribution is -2.52. The minimum absolute atomic E-state index is 0.120. The molecule has 2 unspecified atom stereocenters. The highest BCUT2D eigenvalue weighted by Crippen LogP contribution is 2.06. The molecule has 162 valence electrons. The predicted molar refractivity (Wildman–Crippen MR) is 111 cm³/mol. The predicted octanol–water partition coefficient (Wildman–Crippen LogP) is 3.71. The Kier molecular flexibility index (Phi) is 12.2. The number of rotatable bonds is 13. The van der Waals surface area contributed by atoms with Crippen LogP contribution in [-0.4, -0.2) is 36.7 Å². The lowest BCUT2D eigenvalue weighted by atomic mass is 10.1. The highest BCUT2D eigenvalue weighted by molar-refractivity contribution is 5.89. The fourth-order valence-electron chi connectivity index (χ4n) is 2.69.